The molecule has 2 aromatic rings. The number of ether oxygens (including phenoxy) is 1. The number of halogens is 1. The van der Waals surface area contributed by atoms with Crippen LogP contribution in [0.3, 0.4) is 0 Å². The normalized spacial score (nSPS) is 24.3. The van der Waals surface area contributed by atoms with Gasteiger partial charge in [0.2, 0.25) is 5.95 Å². The summed E-state index contributed by atoms with van der Waals surface area (Å²) in [4.78, 5) is 21.7. The van der Waals surface area contributed by atoms with Crippen LogP contribution in [0.25, 0.3) is 11.0 Å². The lowest BCUT2D eigenvalue weighted by Crippen LogP contribution is -2.42. The zero-order valence-corrected chi connectivity index (χ0v) is 15.6. The SMILES string of the molecule is Cc1cc(=O)n(C2CCC2)c2nc(N[C@@H]3CCOC[C@H]3O)nc(Br)c12. The second kappa shape index (κ2) is 6.66. The molecule has 4 rings (SSSR count). The number of anilines is 1. The number of aliphatic hydroxyl groups is 1. The van der Waals surface area contributed by atoms with E-state index in [0.29, 0.717) is 35.8 Å². The van der Waals surface area contributed by atoms with Crippen LogP contribution < -0.4 is 10.9 Å². The van der Waals surface area contributed by atoms with Gasteiger partial charge in [-0.15, -0.1) is 0 Å². The summed E-state index contributed by atoms with van der Waals surface area (Å²) in [5.41, 5.74) is 1.50. The summed E-state index contributed by atoms with van der Waals surface area (Å²) in [6.07, 6.45) is 3.22. The number of rotatable bonds is 3. The molecule has 0 aromatic carbocycles. The molecule has 0 radical (unpaired) electrons. The van der Waals surface area contributed by atoms with Crippen molar-refractivity contribution < 1.29 is 9.84 Å². The van der Waals surface area contributed by atoms with Gasteiger partial charge in [-0.3, -0.25) is 9.36 Å². The Hall–Kier alpha value is -1.51. The second-order valence-corrected chi connectivity index (χ2v) is 7.59. The van der Waals surface area contributed by atoms with Crippen LogP contribution in [0.2, 0.25) is 0 Å². The summed E-state index contributed by atoms with van der Waals surface area (Å²) in [6, 6.07) is 1.70. The van der Waals surface area contributed by atoms with E-state index in [1.807, 2.05) is 6.92 Å². The summed E-state index contributed by atoms with van der Waals surface area (Å²) in [5, 5.41) is 14.2. The molecule has 8 heteroatoms. The van der Waals surface area contributed by atoms with Gasteiger partial charge >= 0.3 is 0 Å². The molecule has 1 saturated carbocycles. The van der Waals surface area contributed by atoms with Crippen LogP contribution in [-0.4, -0.2) is 45.0 Å². The van der Waals surface area contributed by atoms with Crippen molar-refractivity contribution in [2.75, 3.05) is 18.5 Å². The highest BCUT2D eigenvalue weighted by atomic mass is 79.9. The minimum atomic E-state index is -0.599. The van der Waals surface area contributed by atoms with E-state index < -0.39 is 6.10 Å². The Morgan fingerprint density at radius 3 is 2.84 bits per heavy atom. The van der Waals surface area contributed by atoms with E-state index in [9.17, 15) is 9.90 Å². The fourth-order valence-electron chi connectivity index (χ4n) is 3.49. The molecule has 7 nitrogen and oxygen atoms in total. The monoisotopic (exact) mass is 408 g/mol. The predicted molar refractivity (Wildman–Crippen MR) is 98.0 cm³/mol. The Morgan fingerprint density at radius 2 is 2.16 bits per heavy atom. The highest BCUT2D eigenvalue weighted by Gasteiger charge is 2.27. The molecule has 2 N–H and O–H groups in total. The molecular weight excluding hydrogens is 388 g/mol. The third-order valence-electron chi connectivity index (χ3n) is 5.13. The quantitative estimate of drug-likeness (QED) is 0.756. The van der Waals surface area contributed by atoms with Crippen molar-refractivity contribution in [2.24, 2.45) is 0 Å². The standard InChI is InChI=1S/C17H21BrN4O3/c1-9-7-13(24)22(10-3-2-4-10)16-14(9)15(18)20-17(21-16)19-11-5-6-25-8-12(11)23/h7,10-12,23H,2-6,8H2,1H3,(H,19,20,21)/t11-,12-/m1/s1. The Balaban J connectivity index is 1.80. The maximum Gasteiger partial charge on any atom is 0.252 e. The molecule has 25 heavy (non-hydrogen) atoms. The first kappa shape index (κ1) is 16.9. The molecule has 0 spiro atoms. The van der Waals surface area contributed by atoms with E-state index in [1.165, 1.54) is 0 Å². The molecule has 2 atom stereocenters. The van der Waals surface area contributed by atoms with Gasteiger partial charge in [0.25, 0.3) is 5.56 Å². The van der Waals surface area contributed by atoms with Gasteiger partial charge in [0.05, 0.1) is 24.1 Å². The van der Waals surface area contributed by atoms with Gasteiger partial charge in [-0.25, -0.2) is 4.98 Å². The van der Waals surface area contributed by atoms with Gasteiger partial charge in [-0.05, 0) is 54.1 Å². The number of aryl methyl sites for hydroxylation is 1. The van der Waals surface area contributed by atoms with Crippen molar-refractivity contribution in [1.82, 2.24) is 14.5 Å². The minimum absolute atomic E-state index is 0.0163. The number of hydrogen-bond acceptors (Lipinski definition) is 6. The average molecular weight is 409 g/mol. The van der Waals surface area contributed by atoms with Gasteiger partial charge < -0.3 is 15.2 Å². The van der Waals surface area contributed by atoms with Gasteiger partial charge in [-0.1, -0.05) is 0 Å². The zero-order valence-electron chi connectivity index (χ0n) is 14.0. The summed E-state index contributed by atoms with van der Waals surface area (Å²) in [5.74, 6) is 0.420. The van der Waals surface area contributed by atoms with Crippen LogP contribution in [-0.2, 0) is 4.74 Å². The van der Waals surface area contributed by atoms with Crippen LogP contribution in [0.4, 0.5) is 5.95 Å². The summed E-state index contributed by atoms with van der Waals surface area (Å²) in [6.45, 7) is 2.80. The Kier molecular flexibility index (Phi) is 4.51. The lowest BCUT2D eigenvalue weighted by molar-refractivity contribution is -0.0136. The third kappa shape index (κ3) is 3.07. The number of nitrogens with zero attached hydrogens (tertiary/aromatic N) is 3. The van der Waals surface area contributed by atoms with Crippen molar-refractivity contribution in [3.05, 3.63) is 26.6 Å². The molecule has 2 aromatic heterocycles. The van der Waals surface area contributed by atoms with Gasteiger partial charge in [0, 0.05) is 18.7 Å². The first-order valence-corrected chi connectivity index (χ1v) is 9.45. The van der Waals surface area contributed by atoms with Crippen LogP contribution >= 0.6 is 15.9 Å². The Morgan fingerprint density at radius 1 is 1.36 bits per heavy atom. The molecule has 0 unspecified atom stereocenters. The van der Waals surface area contributed by atoms with E-state index >= 15 is 0 Å². The Bertz CT molecular complexity index is 865. The smallest absolute Gasteiger partial charge is 0.252 e. The summed E-state index contributed by atoms with van der Waals surface area (Å²) in [7, 11) is 0. The first-order chi connectivity index (χ1) is 12.0. The van der Waals surface area contributed by atoms with Crippen molar-refractivity contribution in [3.8, 4) is 0 Å². The van der Waals surface area contributed by atoms with Gasteiger partial charge in [0.15, 0.2) is 0 Å². The number of pyridine rings is 1. The number of aliphatic hydroxyl groups excluding tert-OH is 1. The molecule has 3 heterocycles. The largest absolute Gasteiger partial charge is 0.389 e. The second-order valence-electron chi connectivity index (χ2n) is 6.84. The van der Waals surface area contributed by atoms with Crippen LogP contribution in [0.1, 0.15) is 37.3 Å². The number of hydrogen-bond donors (Lipinski definition) is 2. The third-order valence-corrected chi connectivity index (χ3v) is 5.70. The summed E-state index contributed by atoms with van der Waals surface area (Å²) >= 11 is 3.53. The van der Waals surface area contributed by atoms with E-state index in [1.54, 1.807) is 10.6 Å². The average Bonchev–Trinajstić information content (AvgIpc) is 2.51. The zero-order chi connectivity index (χ0) is 17.6. The first-order valence-electron chi connectivity index (χ1n) is 8.66. The minimum Gasteiger partial charge on any atom is -0.389 e. The predicted octanol–water partition coefficient (Wildman–Crippen LogP) is 2.15. The summed E-state index contributed by atoms with van der Waals surface area (Å²) < 4.78 is 7.72. The molecule has 0 amide bonds. The van der Waals surface area contributed by atoms with Crippen LogP contribution in [0.15, 0.2) is 15.5 Å². The van der Waals surface area contributed by atoms with Crippen molar-refractivity contribution in [2.45, 2.75) is 50.8 Å². The lowest BCUT2D eigenvalue weighted by Gasteiger charge is -2.30. The molecule has 2 fully saturated rings. The molecular formula is C17H21BrN4O3. The van der Waals surface area contributed by atoms with E-state index in [4.69, 9.17) is 4.74 Å². The van der Waals surface area contributed by atoms with Crippen molar-refractivity contribution in [1.29, 1.82) is 0 Å². The maximum atomic E-state index is 12.6. The fraction of sp³-hybridized carbons (Fsp3) is 0.588. The topological polar surface area (TPSA) is 89.3 Å². The lowest BCUT2D eigenvalue weighted by atomic mass is 9.92. The molecule has 0 bridgehead atoms. The molecule has 1 aliphatic carbocycles. The van der Waals surface area contributed by atoms with Crippen molar-refractivity contribution >= 4 is 32.9 Å². The van der Waals surface area contributed by atoms with E-state index in [0.717, 1.165) is 30.2 Å². The Labute approximate surface area is 153 Å². The van der Waals surface area contributed by atoms with Crippen LogP contribution in [0, 0.1) is 6.92 Å². The maximum absolute atomic E-state index is 12.6. The van der Waals surface area contributed by atoms with E-state index in [2.05, 4.69) is 31.2 Å². The van der Waals surface area contributed by atoms with Gasteiger partial charge in [-0.2, -0.15) is 4.98 Å². The molecule has 1 aliphatic heterocycles. The van der Waals surface area contributed by atoms with Crippen molar-refractivity contribution in [3.63, 3.8) is 0 Å². The van der Waals surface area contributed by atoms with Crippen LogP contribution in [0.5, 0.6) is 0 Å². The van der Waals surface area contributed by atoms with Gasteiger partial charge in [0.1, 0.15) is 10.3 Å². The highest BCUT2D eigenvalue weighted by Crippen LogP contribution is 2.34. The number of nitrogens with one attached hydrogen (secondary N) is 1. The number of fused-ring (bicyclic) bond motifs is 1. The fourth-order valence-corrected chi connectivity index (χ4v) is 4.14. The molecule has 2 aliphatic rings. The number of aromatic nitrogens is 3. The molecule has 134 valence electrons. The highest BCUT2D eigenvalue weighted by molar-refractivity contribution is 9.10. The van der Waals surface area contributed by atoms with E-state index in [-0.39, 0.29) is 17.6 Å². The molecule has 1 saturated heterocycles.